The summed E-state index contributed by atoms with van der Waals surface area (Å²) in [5.41, 5.74) is 0.0882. The van der Waals surface area contributed by atoms with E-state index in [4.69, 9.17) is 4.74 Å². The molecule has 2 aliphatic rings. The van der Waals surface area contributed by atoms with Crippen molar-refractivity contribution in [2.24, 2.45) is 0 Å². The number of aromatic nitrogens is 2. The number of nitrogens with one attached hydrogen (secondary N) is 2. The Morgan fingerprint density at radius 1 is 1.21 bits per heavy atom. The maximum Gasteiger partial charge on any atom is 0.435 e. The van der Waals surface area contributed by atoms with E-state index in [1.807, 2.05) is 0 Å². The van der Waals surface area contributed by atoms with E-state index in [-0.39, 0.29) is 18.2 Å². The molecule has 1 aromatic heterocycles. The molecule has 2 amide bonds. The molecule has 4 rings (SSSR count). The van der Waals surface area contributed by atoms with E-state index in [1.165, 1.54) is 17.7 Å². The number of anilines is 1. The van der Waals surface area contributed by atoms with Crippen LogP contribution in [0.25, 0.3) is 0 Å². The van der Waals surface area contributed by atoms with Crippen LogP contribution in [-0.2, 0) is 19.1 Å². The molecule has 1 aliphatic carbocycles. The van der Waals surface area contributed by atoms with Crippen molar-refractivity contribution in [3.63, 3.8) is 0 Å². The third-order valence-electron chi connectivity index (χ3n) is 5.20. The number of aromatic amines is 1. The standard InChI is InChI=1S/C19H21F3N4O2/c20-19(21,22)17-15-11-26(10-9-16(15)24-25-17)18(27)23-12-5-7-14(8-6-12)28-13-3-1-2-4-13/h5-8,13H,1-4,9-11H2,(H,23,27)(H,24,25). The molecule has 1 saturated carbocycles. The van der Waals surface area contributed by atoms with Gasteiger partial charge in [-0.25, -0.2) is 4.79 Å². The van der Waals surface area contributed by atoms with Crippen molar-refractivity contribution in [1.29, 1.82) is 0 Å². The second-order valence-corrected chi connectivity index (χ2v) is 7.18. The van der Waals surface area contributed by atoms with Crippen molar-refractivity contribution in [2.45, 2.75) is 50.9 Å². The molecule has 1 aromatic carbocycles. The fraction of sp³-hybridized carbons (Fsp3) is 0.474. The first-order valence-electron chi connectivity index (χ1n) is 9.36. The van der Waals surface area contributed by atoms with Gasteiger partial charge < -0.3 is 15.0 Å². The van der Waals surface area contributed by atoms with Gasteiger partial charge in [0.05, 0.1) is 12.6 Å². The van der Waals surface area contributed by atoms with Crippen LogP contribution in [0.3, 0.4) is 0 Å². The molecule has 2 N–H and O–H groups in total. The lowest BCUT2D eigenvalue weighted by atomic mass is 10.1. The molecule has 0 unspecified atom stereocenters. The lowest BCUT2D eigenvalue weighted by Crippen LogP contribution is -2.39. The SMILES string of the molecule is O=C(Nc1ccc(OC2CCCC2)cc1)N1CCc2[nH]nc(C(F)(F)F)c2C1. The van der Waals surface area contributed by atoms with E-state index in [0.717, 1.165) is 18.6 Å². The van der Waals surface area contributed by atoms with Crippen molar-refractivity contribution in [2.75, 3.05) is 11.9 Å². The molecular weight excluding hydrogens is 373 g/mol. The molecule has 28 heavy (non-hydrogen) atoms. The highest BCUT2D eigenvalue weighted by molar-refractivity contribution is 5.89. The number of alkyl halides is 3. The fourth-order valence-electron chi connectivity index (χ4n) is 3.72. The number of fused-ring (bicyclic) bond motifs is 1. The van der Waals surface area contributed by atoms with Gasteiger partial charge >= 0.3 is 12.2 Å². The summed E-state index contributed by atoms with van der Waals surface area (Å²) in [4.78, 5) is 13.9. The number of halogens is 3. The van der Waals surface area contributed by atoms with Crippen molar-refractivity contribution < 1.29 is 22.7 Å². The van der Waals surface area contributed by atoms with Crippen LogP contribution < -0.4 is 10.1 Å². The van der Waals surface area contributed by atoms with Gasteiger partial charge in [0.25, 0.3) is 0 Å². The average Bonchev–Trinajstić information content (AvgIpc) is 3.31. The van der Waals surface area contributed by atoms with Gasteiger partial charge in [-0.05, 0) is 49.9 Å². The van der Waals surface area contributed by atoms with E-state index in [0.29, 0.717) is 24.3 Å². The van der Waals surface area contributed by atoms with Crippen molar-refractivity contribution in [3.05, 3.63) is 41.2 Å². The summed E-state index contributed by atoms with van der Waals surface area (Å²) < 4.78 is 45.0. The van der Waals surface area contributed by atoms with Crippen molar-refractivity contribution >= 4 is 11.7 Å². The Morgan fingerprint density at radius 3 is 2.61 bits per heavy atom. The number of carbonyl (C=O) groups excluding carboxylic acids is 1. The van der Waals surface area contributed by atoms with E-state index in [2.05, 4.69) is 15.5 Å². The zero-order valence-corrected chi connectivity index (χ0v) is 15.2. The Bertz CT molecular complexity index is 842. The predicted octanol–water partition coefficient (Wildman–Crippen LogP) is 4.34. The number of urea groups is 1. The maximum absolute atomic E-state index is 13.1. The van der Waals surface area contributed by atoms with Crippen LogP contribution in [0.4, 0.5) is 23.7 Å². The van der Waals surface area contributed by atoms with Crippen LogP contribution in [0.15, 0.2) is 24.3 Å². The van der Waals surface area contributed by atoms with E-state index < -0.39 is 17.9 Å². The van der Waals surface area contributed by atoms with Crippen LogP contribution in [-0.4, -0.2) is 33.8 Å². The number of amides is 2. The van der Waals surface area contributed by atoms with Crippen LogP contribution >= 0.6 is 0 Å². The second-order valence-electron chi connectivity index (χ2n) is 7.18. The van der Waals surface area contributed by atoms with Gasteiger partial charge in [-0.1, -0.05) is 0 Å². The van der Waals surface area contributed by atoms with Crippen molar-refractivity contribution in [1.82, 2.24) is 15.1 Å². The first kappa shape index (κ1) is 18.6. The van der Waals surface area contributed by atoms with Crippen LogP contribution in [0.2, 0.25) is 0 Å². The number of nitrogens with zero attached hydrogens (tertiary/aromatic N) is 2. The Hall–Kier alpha value is -2.71. The molecule has 150 valence electrons. The minimum absolute atomic E-state index is 0.0363. The van der Waals surface area contributed by atoms with Crippen LogP contribution in [0.5, 0.6) is 5.75 Å². The van der Waals surface area contributed by atoms with E-state index in [1.54, 1.807) is 24.3 Å². The molecule has 0 spiro atoms. The van der Waals surface area contributed by atoms with Gasteiger partial charge in [0.1, 0.15) is 5.75 Å². The summed E-state index contributed by atoms with van der Waals surface area (Å²) in [6.07, 6.45) is 0.498. The summed E-state index contributed by atoms with van der Waals surface area (Å²) in [5, 5.41) is 8.54. The van der Waals surface area contributed by atoms with Crippen molar-refractivity contribution in [3.8, 4) is 5.75 Å². The lowest BCUT2D eigenvalue weighted by Gasteiger charge is -2.27. The quantitative estimate of drug-likeness (QED) is 0.814. The third kappa shape index (κ3) is 3.93. The molecule has 2 heterocycles. The number of carbonyl (C=O) groups is 1. The Kier molecular flexibility index (Phi) is 4.91. The summed E-state index contributed by atoms with van der Waals surface area (Å²) in [6.45, 7) is 0.191. The lowest BCUT2D eigenvalue weighted by molar-refractivity contribution is -0.142. The Balaban J connectivity index is 1.38. The number of benzene rings is 1. The van der Waals surface area contributed by atoms with E-state index >= 15 is 0 Å². The number of hydrogen-bond acceptors (Lipinski definition) is 3. The maximum atomic E-state index is 13.1. The molecule has 1 aliphatic heterocycles. The second kappa shape index (κ2) is 7.37. The summed E-state index contributed by atoms with van der Waals surface area (Å²) in [5.74, 6) is 0.751. The van der Waals surface area contributed by atoms with Gasteiger partial charge in [-0.2, -0.15) is 18.3 Å². The van der Waals surface area contributed by atoms with Gasteiger partial charge in [0.15, 0.2) is 5.69 Å². The van der Waals surface area contributed by atoms with Gasteiger partial charge in [-0.3, -0.25) is 5.10 Å². The Morgan fingerprint density at radius 2 is 1.93 bits per heavy atom. The van der Waals surface area contributed by atoms with Gasteiger partial charge in [0, 0.05) is 29.9 Å². The number of hydrogen-bond donors (Lipinski definition) is 2. The molecule has 0 radical (unpaired) electrons. The highest BCUT2D eigenvalue weighted by atomic mass is 19.4. The molecule has 9 heteroatoms. The predicted molar refractivity (Wildman–Crippen MR) is 96.0 cm³/mol. The summed E-state index contributed by atoms with van der Waals surface area (Å²) in [6, 6.07) is 6.61. The van der Waals surface area contributed by atoms with Crippen LogP contribution in [0, 0.1) is 0 Å². The normalized spacial score (nSPS) is 17.5. The monoisotopic (exact) mass is 394 g/mol. The first-order valence-corrected chi connectivity index (χ1v) is 9.36. The zero-order chi connectivity index (χ0) is 19.7. The zero-order valence-electron chi connectivity index (χ0n) is 15.2. The van der Waals surface area contributed by atoms with Gasteiger partial charge in [-0.15, -0.1) is 0 Å². The summed E-state index contributed by atoms with van der Waals surface area (Å²) in [7, 11) is 0. The first-order chi connectivity index (χ1) is 13.4. The highest BCUT2D eigenvalue weighted by Crippen LogP contribution is 2.34. The number of H-pyrrole nitrogens is 1. The third-order valence-corrected chi connectivity index (χ3v) is 5.20. The highest BCUT2D eigenvalue weighted by Gasteiger charge is 2.39. The smallest absolute Gasteiger partial charge is 0.435 e. The number of rotatable bonds is 3. The molecule has 0 saturated heterocycles. The molecule has 0 bridgehead atoms. The summed E-state index contributed by atoms with van der Waals surface area (Å²) >= 11 is 0. The minimum Gasteiger partial charge on any atom is -0.490 e. The number of ether oxygens (including phenoxy) is 1. The molecular formula is C19H21F3N4O2. The minimum atomic E-state index is -4.54. The average molecular weight is 394 g/mol. The van der Waals surface area contributed by atoms with E-state index in [9.17, 15) is 18.0 Å². The molecule has 6 nitrogen and oxygen atoms in total. The Labute approximate surface area is 160 Å². The van der Waals surface area contributed by atoms with Crippen LogP contribution in [0.1, 0.15) is 42.6 Å². The fourth-order valence-corrected chi connectivity index (χ4v) is 3.72. The van der Waals surface area contributed by atoms with Gasteiger partial charge in [0.2, 0.25) is 0 Å². The molecule has 2 aromatic rings. The largest absolute Gasteiger partial charge is 0.490 e. The molecule has 1 fully saturated rings. The topological polar surface area (TPSA) is 70.2 Å². The molecule has 0 atom stereocenters.